The van der Waals surface area contributed by atoms with Gasteiger partial charge in [-0.15, -0.1) is 0 Å². The van der Waals surface area contributed by atoms with Crippen LogP contribution in [0.4, 0.5) is 4.39 Å². The van der Waals surface area contributed by atoms with Crippen LogP contribution in [0.25, 0.3) is 10.8 Å². The highest BCUT2D eigenvalue weighted by molar-refractivity contribution is 5.87. The second-order valence-electron chi connectivity index (χ2n) is 4.69. The molecule has 16 heavy (non-hydrogen) atoms. The Morgan fingerprint density at radius 1 is 1.12 bits per heavy atom. The fourth-order valence-electron chi connectivity index (χ4n) is 1.94. The summed E-state index contributed by atoms with van der Waals surface area (Å²) in [4.78, 5) is 0. The standard InChI is InChI=1S/C14H15FO/c1-14(2,9-16)11-7-3-5-10-6-4-8-12(15)13(10)11/h3-8,16H,9H2,1-2H3. The Balaban J connectivity index is 2.80. The largest absolute Gasteiger partial charge is 0.395 e. The van der Waals surface area contributed by atoms with Gasteiger partial charge in [-0.25, -0.2) is 4.39 Å². The number of fused-ring (bicyclic) bond motifs is 1. The molecule has 0 atom stereocenters. The van der Waals surface area contributed by atoms with Crippen molar-refractivity contribution in [1.82, 2.24) is 0 Å². The molecule has 0 bridgehead atoms. The van der Waals surface area contributed by atoms with Crippen molar-refractivity contribution in [3.63, 3.8) is 0 Å². The van der Waals surface area contributed by atoms with Gasteiger partial charge in [-0.05, 0) is 17.0 Å². The van der Waals surface area contributed by atoms with Crippen molar-refractivity contribution >= 4 is 10.8 Å². The number of halogens is 1. The highest BCUT2D eigenvalue weighted by atomic mass is 19.1. The van der Waals surface area contributed by atoms with Gasteiger partial charge in [0.05, 0.1) is 6.61 Å². The van der Waals surface area contributed by atoms with Crippen LogP contribution in [0.15, 0.2) is 36.4 Å². The molecule has 2 aromatic carbocycles. The molecule has 0 spiro atoms. The quantitative estimate of drug-likeness (QED) is 0.820. The summed E-state index contributed by atoms with van der Waals surface area (Å²) in [7, 11) is 0. The van der Waals surface area contributed by atoms with E-state index in [2.05, 4.69) is 0 Å². The van der Waals surface area contributed by atoms with Crippen LogP contribution in [0.5, 0.6) is 0 Å². The summed E-state index contributed by atoms with van der Waals surface area (Å²) in [6, 6.07) is 10.7. The fraction of sp³-hybridized carbons (Fsp3) is 0.286. The third-order valence-corrected chi connectivity index (χ3v) is 2.98. The molecule has 0 aliphatic carbocycles. The van der Waals surface area contributed by atoms with Gasteiger partial charge >= 0.3 is 0 Å². The lowest BCUT2D eigenvalue weighted by Crippen LogP contribution is -2.22. The summed E-state index contributed by atoms with van der Waals surface area (Å²) in [5.74, 6) is -0.227. The van der Waals surface area contributed by atoms with Gasteiger partial charge in [-0.2, -0.15) is 0 Å². The Morgan fingerprint density at radius 2 is 1.75 bits per heavy atom. The summed E-state index contributed by atoms with van der Waals surface area (Å²) >= 11 is 0. The topological polar surface area (TPSA) is 20.2 Å². The average molecular weight is 218 g/mol. The Morgan fingerprint density at radius 3 is 2.38 bits per heavy atom. The van der Waals surface area contributed by atoms with Crippen LogP contribution in [-0.2, 0) is 5.41 Å². The second-order valence-corrected chi connectivity index (χ2v) is 4.69. The van der Waals surface area contributed by atoms with Crippen LogP contribution >= 0.6 is 0 Å². The highest BCUT2D eigenvalue weighted by Crippen LogP contribution is 2.31. The van der Waals surface area contributed by atoms with Gasteiger partial charge < -0.3 is 5.11 Å². The molecule has 0 aromatic heterocycles. The van der Waals surface area contributed by atoms with Crippen molar-refractivity contribution in [2.45, 2.75) is 19.3 Å². The van der Waals surface area contributed by atoms with Crippen LogP contribution in [0, 0.1) is 5.82 Å². The van der Waals surface area contributed by atoms with E-state index in [-0.39, 0.29) is 12.4 Å². The molecular formula is C14H15FO. The minimum Gasteiger partial charge on any atom is -0.395 e. The first-order chi connectivity index (χ1) is 7.56. The zero-order chi connectivity index (χ0) is 11.8. The van der Waals surface area contributed by atoms with E-state index >= 15 is 0 Å². The maximum absolute atomic E-state index is 13.8. The fourth-order valence-corrected chi connectivity index (χ4v) is 1.94. The van der Waals surface area contributed by atoms with Crippen molar-refractivity contribution in [3.8, 4) is 0 Å². The monoisotopic (exact) mass is 218 g/mol. The zero-order valence-corrected chi connectivity index (χ0v) is 9.50. The highest BCUT2D eigenvalue weighted by Gasteiger charge is 2.22. The van der Waals surface area contributed by atoms with Gasteiger partial charge in [0.2, 0.25) is 0 Å². The summed E-state index contributed by atoms with van der Waals surface area (Å²) in [6.45, 7) is 3.82. The van der Waals surface area contributed by atoms with Gasteiger partial charge in [0.25, 0.3) is 0 Å². The first kappa shape index (κ1) is 11.1. The smallest absolute Gasteiger partial charge is 0.131 e. The first-order valence-corrected chi connectivity index (χ1v) is 5.35. The first-order valence-electron chi connectivity index (χ1n) is 5.35. The summed E-state index contributed by atoms with van der Waals surface area (Å²) < 4.78 is 13.8. The zero-order valence-electron chi connectivity index (χ0n) is 9.50. The molecule has 0 fully saturated rings. The van der Waals surface area contributed by atoms with Crippen molar-refractivity contribution in [3.05, 3.63) is 47.8 Å². The lowest BCUT2D eigenvalue weighted by molar-refractivity contribution is 0.219. The van der Waals surface area contributed by atoms with E-state index in [1.165, 1.54) is 6.07 Å². The van der Waals surface area contributed by atoms with Gasteiger partial charge in [-0.1, -0.05) is 44.2 Å². The molecule has 0 aliphatic rings. The van der Waals surface area contributed by atoms with Crippen LogP contribution in [0.3, 0.4) is 0 Å². The molecule has 1 nitrogen and oxygen atoms in total. The van der Waals surface area contributed by atoms with E-state index in [0.29, 0.717) is 5.39 Å². The summed E-state index contributed by atoms with van der Waals surface area (Å²) in [5.41, 5.74) is 0.424. The molecule has 0 saturated carbocycles. The van der Waals surface area contributed by atoms with E-state index < -0.39 is 5.41 Å². The van der Waals surface area contributed by atoms with Gasteiger partial charge in [0, 0.05) is 10.8 Å². The molecule has 2 aromatic rings. The van der Waals surface area contributed by atoms with Crippen molar-refractivity contribution in [2.24, 2.45) is 0 Å². The third kappa shape index (κ3) is 1.69. The summed E-state index contributed by atoms with van der Waals surface area (Å²) in [6.07, 6.45) is 0. The molecule has 2 heteroatoms. The maximum atomic E-state index is 13.8. The molecule has 0 amide bonds. The number of hydrogen-bond donors (Lipinski definition) is 1. The van der Waals surface area contributed by atoms with Crippen molar-refractivity contribution < 1.29 is 9.50 Å². The summed E-state index contributed by atoms with van der Waals surface area (Å²) in [5, 5.41) is 10.9. The molecule has 1 N–H and O–H groups in total. The lowest BCUT2D eigenvalue weighted by Gasteiger charge is -2.24. The third-order valence-electron chi connectivity index (χ3n) is 2.98. The number of aliphatic hydroxyl groups excluding tert-OH is 1. The van der Waals surface area contributed by atoms with E-state index in [0.717, 1.165) is 10.9 Å². The molecule has 0 heterocycles. The molecule has 0 aliphatic heterocycles. The molecular weight excluding hydrogens is 203 g/mol. The Kier molecular flexibility index (Phi) is 2.68. The predicted molar refractivity (Wildman–Crippen MR) is 64.0 cm³/mol. The van der Waals surface area contributed by atoms with Crippen LogP contribution < -0.4 is 0 Å². The minimum absolute atomic E-state index is 0.000444. The number of rotatable bonds is 2. The number of aliphatic hydroxyl groups is 1. The molecule has 0 unspecified atom stereocenters. The normalized spacial score (nSPS) is 12.0. The number of benzene rings is 2. The van der Waals surface area contributed by atoms with Gasteiger partial charge in [-0.3, -0.25) is 0 Å². The van der Waals surface area contributed by atoms with Gasteiger partial charge in [0.1, 0.15) is 5.82 Å². The molecule has 84 valence electrons. The van der Waals surface area contributed by atoms with E-state index in [1.807, 2.05) is 38.1 Å². The van der Waals surface area contributed by atoms with E-state index in [9.17, 15) is 9.50 Å². The second kappa shape index (κ2) is 3.87. The number of hydrogen-bond acceptors (Lipinski definition) is 1. The molecule has 2 rings (SSSR count). The average Bonchev–Trinajstić information content (AvgIpc) is 2.29. The van der Waals surface area contributed by atoms with E-state index in [4.69, 9.17) is 0 Å². The SMILES string of the molecule is CC(C)(CO)c1cccc2cccc(F)c12. The van der Waals surface area contributed by atoms with Crippen molar-refractivity contribution in [2.75, 3.05) is 6.61 Å². The van der Waals surface area contributed by atoms with Crippen molar-refractivity contribution in [1.29, 1.82) is 0 Å². The predicted octanol–water partition coefficient (Wildman–Crippen LogP) is 3.25. The minimum atomic E-state index is -0.429. The van der Waals surface area contributed by atoms with Gasteiger partial charge in [0.15, 0.2) is 0 Å². The lowest BCUT2D eigenvalue weighted by atomic mass is 9.82. The molecule has 0 radical (unpaired) electrons. The molecule has 0 saturated heterocycles. The van der Waals surface area contributed by atoms with Crippen LogP contribution in [-0.4, -0.2) is 11.7 Å². The Hall–Kier alpha value is -1.41. The maximum Gasteiger partial charge on any atom is 0.131 e. The Labute approximate surface area is 94.5 Å². The van der Waals surface area contributed by atoms with Crippen LogP contribution in [0.2, 0.25) is 0 Å². The van der Waals surface area contributed by atoms with Crippen LogP contribution in [0.1, 0.15) is 19.4 Å². The Bertz CT molecular complexity index is 512. The van der Waals surface area contributed by atoms with E-state index in [1.54, 1.807) is 6.07 Å².